The van der Waals surface area contributed by atoms with Gasteiger partial charge in [0, 0.05) is 38.1 Å². The molecule has 0 aromatic heterocycles. The van der Waals surface area contributed by atoms with Crippen LogP contribution in [-0.2, 0) is 0 Å². The van der Waals surface area contributed by atoms with E-state index in [1.165, 1.54) is 12.1 Å². The first-order chi connectivity index (χ1) is 14.8. The number of aliphatic hydroxyl groups is 2. The molecule has 31 heavy (non-hydrogen) atoms. The molecule has 0 unspecified atom stereocenters. The fraction of sp³-hybridized carbons (Fsp3) is 0.435. The summed E-state index contributed by atoms with van der Waals surface area (Å²) in [4.78, 5) is 2.06. The average molecular weight is 426 g/mol. The number of hydrogen-bond donors (Lipinski definition) is 3. The lowest BCUT2D eigenvalue weighted by atomic mass is 9.58. The maximum absolute atomic E-state index is 13.4. The van der Waals surface area contributed by atoms with Crippen LogP contribution in [0, 0.1) is 51.1 Å². The Hall–Kier alpha value is -3.22. The Morgan fingerprint density at radius 2 is 1.65 bits per heavy atom. The van der Waals surface area contributed by atoms with Crippen molar-refractivity contribution in [3.05, 3.63) is 58.6 Å². The minimum Gasteiger partial charge on any atom is -0.399 e. The number of benzene rings is 1. The lowest BCUT2D eigenvalue weighted by Crippen LogP contribution is -2.47. The van der Waals surface area contributed by atoms with E-state index in [-0.39, 0.29) is 30.4 Å². The van der Waals surface area contributed by atoms with Crippen molar-refractivity contribution < 1.29 is 14.6 Å². The number of likely N-dealkylation sites (N-methyl/N-ethyl adjacent to an activating group) is 1. The van der Waals surface area contributed by atoms with Crippen molar-refractivity contribution in [3.8, 4) is 18.2 Å². The summed E-state index contributed by atoms with van der Waals surface area (Å²) in [5.41, 5.74) is 6.15. The molecule has 0 saturated heterocycles. The second-order valence-electron chi connectivity index (χ2n) is 7.08. The van der Waals surface area contributed by atoms with Crippen LogP contribution < -0.4 is 5.73 Å². The number of fused-ring (bicyclic) bond motifs is 1. The topological polar surface area (TPSA) is 141 Å². The lowest BCUT2D eigenvalue weighted by Gasteiger charge is -2.45. The molecule has 0 radical (unpaired) electrons. The van der Waals surface area contributed by atoms with E-state index in [1.54, 1.807) is 26.0 Å². The first-order valence-electron chi connectivity index (χ1n) is 9.90. The van der Waals surface area contributed by atoms with Crippen molar-refractivity contribution >= 4 is 0 Å². The van der Waals surface area contributed by atoms with Gasteiger partial charge in [-0.05, 0) is 44.2 Å². The van der Waals surface area contributed by atoms with Crippen LogP contribution in [0.1, 0.15) is 25.3 Å². The molecule has 1 aliphatic carbocycles. The molecular weight excluding hydrogens is 397 g/mol. The number of allylic oxidation sites excluding steroid dienone is 2. The molecule has 0 bridgehead atoms. The molecule has 164 valence electrons. The highest BCUT2D eigenvalue weighted by Gasteiger charge is 2.54. The summed E-state index contributed by atoms with van der Waals surface area (Å²) in [6.45, 7) is 5.10. The molecule has 0 amide bonds. The molecule has 7 nitrogen and oxygen atoms in total. The second-order valence-corrected chi connectivity index (χ2v) is 7.08. The van der Waals surface area contributed by atoms with Crippen LogP contribution in [0.4, 0.5) is 4.39 Å². The monoisotopic (exact) mass is 425 g/mol. The zero-order valence-electron chi connectivity index (χ0n) is 18.0. The van der Waals surface area contributed by atoms with E-state index in [4.69, 9.17) is 15.9 Å². The molecule has 3 rings (SSSR count). The van der Waals surface area contributed by atoms with E-state index >= 15 is 0 Å². The van der Waals surface area contributed by atoms with Gasteiger partial charge >= 0.3 is 0 Å². The number of nitrogens with zero attached hydrogens (tertiary/aromatic N) is 4. The van der Waals surface area contributed by atoms with Gasteiger partial charge in [0.05, 0.1) is 23.4 Å². The smallest absolute Gasteiger partial charge is 0.191 e. The molecule has 2 aliphatic rings. The molecule has 0 saturated carbocycles. The molecule has 1 heterocycles. The third-order valence-electron chi connectivity index (χ3n) is 5.08. The summed E-state index contributed by atoms with van der Waals surface area (Å²) in [7, 11) is 1.93. The quantitative estimate of drug-likeness (QED) is 0.626. The molecule has 1 aromatic rings. The zero-order valence-corrected chi connectivity index (χ0v) is 18.0. The summed E-state index contributed by atoms with van der Waals surface area (Å²) < 4.78 is 13.4. The highest BCUT2D eigenvalue weighted by Crippen LogP contribution is 2.53. The molecule has 1 aliphatic heterocycles. The Kier molecular flexibility index (Phi) is 9.86. The highest BCUT2D eigenvalue weighted by atomic mass is 19.1. The van der Waals surface area contributed by atoms with Gasteiger partial charge in [-0.15, -0.1) is 0 Å². The van der Waals surface area contributed by atoms with E-state index in [0.29, 0.717) is 18.7 Å². The fourth-order valence-corrected chi connectivity index (χ4v) is 3.87. The molecule has 0 spiro atoms. The number of nitrogens with two attached hydrogens (primary N) is 1. The Balaban J connectivity index is 0.000000720. The van der Waals surface area contributed by atoms with E-state index in [0.717, 1.165) is 5.57 Å². The number of halogens is 1. The van der Waals surface area contributed by atoms with Gasteiger partial charge in [-0.25, -0.2) is 4.39 Å². The molecule has 4 N–H and O–H groups in total. The van der Waals surface area contributed by atoms with Gasteiger partial charge in [-0.2, -0.15) is 15.8 Å². The normalized spacial score (nSPS) is 21.5. The average Bonchev–Trinajstić information content (AvgIpc) is 2.75. The van der Waals surface area contributed by atoms with Crippen LogP contribution in [0.2, 0.25) is 0 Å². The molecule has 8 heteroatoms. The van der Waals surface area contributed by atoms with Crippen LogP contribution in [0.5, 0.6) is 0 Å². The first-order valence-corrected chi connectivity index (χ1v) is 9.90. The van der Waals surface area contributed by atoms with Crippen molar-refractivity contribution in [2.75, 3.05) is 33.4 Å². The van der Waals surface area contributed by atoms with Gasteiger partial charge in [-0.3, -0.25) is 0 Å². The van der Waals surface area contributed by atoms with Crippen LogP contribution in [0.15, 0.2) is 47.2 Å². The predicted molar refractivity (Wildman–Crippen MR) is 114 cm³/mol. The Bertz CT molecular complexity index is 919. The van der Waals surface area contributed by atoms with E-state index < -0.39 is 17.2 Å². The summed E-state index contributed by atoms with van der Waals surface area (Å²) in [6, 6.07) is 12.0. The van der Waals surface area contributed by atoms with Crippen molar-refractivity contribution in [1.82, 2.24) is 4.90 Å². The number of rotatable bonds is 1. The molecule has 2 atom stereocenters. The van der Waals surface area contributed by atoms with E-state index in [2.05, 4.69) is 23.1 Å². The van der Waals surface area contributed by atoms with Crippen LogP contribution >= 0.6 is 0 Å². The van der Waals surface area contributed by atoms with Crippen LogP contribution in [-0.4, -0.2) is 48.5 Å². The fourth-order valence-electron chi connectivity index (χ4n) is 3.87. The minimum absolute atomic E-state index is 0.0126. The third kappa shape index (κ3) is 5.29. The largest absolute Gasteiger partial charge is 0.399 e. The lowest BCUT2D eigenvalue weighted by molar-refractivity contribution is 0.237. The third-order valence-corrected chi connectivity index (χ3v) is 5.08. The zero-order chi connectivity index (χ0) is 23.6. The van der Waals surface area contributed by atoms with Gasteiger partial charge in [0.2, 0.25) is 0 Å². The number of hydrogen-bond acceptors (Lipinski definition) is 7. The molecule has 1 aromatic carbocycles. The standard InChI is InChI=1S/C19H16FN5.2C2H6O/c1-25-7-6-14-15(8-21)18(24)19(10-22,11-23)17(16(14)9-25)12-2-4-13(20)5-3-12;2*1-2-3/h2-6,16-17H,7,9,24H2,1H3;2*3H,2H2,1H3/t16-,17+;;/m0../s1. The van der Waals surface area contributed by atoms with Gasteiger partial charge in [0.25, 0.3) is 0 Å². The van der Waals surface area contributed by atoms with Gasteiger partial charge in [0.15, 0.2) is 5.41 Å². The molecule has 0 fully saturated rings. The van der Waals surface area contributed by atoms with Gasteiger partial charge in [0.1, 0.15) is 11.9 Å². The van der Waals surface area contributed by atoms with Gasteiger partial charge in [-0.1, -0.05) is 18.2 Å². The summed E-state index contributed by atoms with van der Waals surface area (Å²) in [5, 5.41) is 44.4. The molecular formula is C23H28FN5O2. The summed E-state index contributed by atoms with van der Waals surface area (Å²) in [5.74, 6) is -1.21. The first kappa shape index (κ1) is 25.8. The van der Waals surface area contributed by atoms with Gasteiger partial charge < -0.3 is 20.8 Å². The number of nitriles is 3. The van der Waals surface area contributed by atoms with E-state index in [1.807, 2.05) is 13.1 Å². The Morgan fingerprint density at radius 3 is 2.10 bits per heavy atom. The maximum Gasteiger partial charge on any atom is 0.191 e. The summed E-state index contributed by atoms with van der Waals surface area (Å²) in [6.07, 6.45) is 1.93. The second kappa shape index (κ2) is 11.8. The van der Waals surface area contributed by atoms with Crippen molar-refractivity contribution in [2.24, 2.45) is 17.1 Å². The SMILES string of the molecule is CCO.CCO.CN1CC=C2C(C#N)=C(N)C(C#N)(C#N)[C@H](c3ccc(F)cc3)[C@H]2C1. The highest BCUT2D eigenvalue weighted by molar-refractivity contribution is 5.59. The van der Waals surface area contributed by atoms with E-state index in [9.17, 15) is 20.2 Å². The van der Waals surface area contributed by atoms with Crippen molar-refractivity contribution in [1.29, 1.82) is 15.8 Å². The van der Waals surface area contributed by atoms with Crippen LogP contribution in [0.3, 0.4) is 0 Å². The Morgan fingerprint density at radius 1 is 1.13 bits per heavy atom. The maximum atomic E-state index is 13.4. The minimum atomic E-state index is -1.66. The van der Waals surface area contributed by atoms with Crippen LogP contribution in [0.25, 0.3) is 0 Å². The van der Waals surface area contributed by atoms with Crippen molar-refractivity contribution in [3.63, 3.8) is 0 Å². The predicted octanol–water partition coefficient (Wildman–Crippen LogP) is 2.18. The Labute approximate surface area is 182 Å². The summed E-state index contributed by atoms with van der Waals surface area (Å²) >= 11 is 0. The van der Waals surface area contributed by atoms with Crippen molar-refractivity contribution in [2.45, 2.75) is 19.8 Å². The number of aliphatic hydroxyl groups excluding tert-OH is 2.